The maximum absolute atomic E-state index is 5.92. The molecule has 1 aliphatic carbocycles. The van der Waals surface area contributed by atoms with E-state index in [4.69, 9.17) is 5.73 Å². The van der Waals surface area contributed by atoms with Crippen LogP contribution in [0.5, 0.6) is 0 Å². The molecule has 2 heterocycles. The van der Waals surface area contributed by atoms with Crippen molar-refractivity contribution < 1.29 is 0 Å². The van der Waals surface area contributed by atoms with Gasteiger partial charge in [0.15, 0.2) is 0 Å². The van der Waals surface area contributed by atoms with Crippen molar-refractivity contribution in [2.75, 3.05) is 5.32 Å². The summed E-state index contributed by atoms with van der Waals surface area (Å²) in [6, 6.07) is 5.72. The standard InChI is InChI=1S/C17H17N5/c1-12-4-2-6-14(18)10-16(12)22-17-20-9-7-15(21-17)13-5-3-8-19-11-13/h3-11H,2,18H2,1H3,(H,20,21,22). The predicted octanol–water partition coefficient (Wildman–Crippen LogP) is 3.03. The Balaban J connectivity index is 1.89. The second-order valence-electron chi connectivity index (χ2n) is 5.02. The van der Waals surface area contributed by atoms with Gasteiger partial charge in [0, 0.05) is 35.5 Å². The van der Waals surface area contributed by atoms with E-state index in [-0.39, 0.29) is 0 Å². The zero-order valence-corrected chi connectivity index (χ0v) is 12.3. The minimum atomic E-state index is 0.537. The minimum absolute atomic E-state index is 0.537. The van der Waals surface area contributed by atoms with Gasteiger partial charge in [0.1, 0.15) is 0 Å². The maximum atomic E-state index is 5.92. The van der Waals surface area contributed by atoms with Crippen LogP contribution in [0, 0.1) is 0 Å². The summed E-state index contributed by atoms with van der Waals surface area (Å²) in [6.07, 6.45) is 12.1. The molecule has 3 rings (SSSR count). The third-order valence-electron chi connectivity index (χ3n) is 3.37. The number of aromatic nitrogens is 3. The quantitative estimate of drug-likeness (QED) is 0.909. The molecule has 0 amide bonds. The SMILES string of the molecule is CC1=CCC=C(N)C=C1Nc1nccc(-c2cccnc2)n1. The Hall–Kier alpha value is -2.95. The topological polar surface area (TPSA) is 76.7 Å². The Morgan fingerprint density at radius 2 is 2.09 bits per heavy atom. The lowest BCUT2D eigenvalue weighted by Gasteiger charge is -2.10. The van der Waals surface area contributed by atoms with Gasteiger partial charge >= 0.3 is 0 Å². The number of hydrogen-bond donors (Lipinski definition) is 2. The molecule has 0 saturated carbocycles. The maximum Gasteiger partial charge on any atom is 0.227 e. The van der Waals surface area contributed by atoms with Gasteiger partial charge in [0.2, 0.25) is 5.95 Å². The van der Waals surface area contributed by atoms with Crippen LogP contribution in [0.4, 0.5) is 5.95 Å². The molecule has 2 aromatic rings. The molecule has 0 bridgehead atoms. The fraction of sp³-hybridized carbons (Fsp3) is 0.118. The van der Waals surface area contributed by atoms with E-state index in [2.05, 4.69) is 26.3 Å². The van der Waals surface area contributed by atoms with Gasteiger partial charge in [0.05, 0.1) is 5.69 Å². The molecule has 22 heavy (non-hydrogen) atoms. The molecule has 0 aliphatic heterocycles. The highest BCUT2D eigenvalue weighted by Gasteiger charge is 2.07. The van der Waals surface area contributed by atoms with Gasteiger partial charge in [-0.2, -0.15) is 0 Å². The lowest BCUT2D eigenvalue weighted by atomic mass is 10.2. The van der Waals surface area contributed by atoms with Crippen LogP contribution in [0.25, 0.3) is 11.3 Å². The highest BCUT2D eigenvalue weighted by molar-refractivity contribution is 5.59. The zero-order valence-electron chi connectivity index (χ0n) is 12.3. The van der Waals surface area contributed by atoms with Crippen molar-refractivity contribution in [2.45, 2.75) is 13.3 Å². The molecule has 0 fully saturated rings. The summed E-state index contributed by atoms with van der Waals surface area (Å²) in [5, 5.41) is 3.24. The molecule has 0 unspecified atom stereocenters. The highest BCUT2D eigenvalue weighted by Crippen LogP contribution is 2.20. The number of nitrogens with two attached hydrogens (primary N) is 1. The van der Waals surface area contributed by atoms with Gasteiger partial charge in [0.25, 0.3) is 0 Å². The summed E-state index contributed by atoms with van der Waals surface area (Å²) in [7, 11) is 0. The van der Waals surface area contributed by atoms with Crippen molar-refractivity contribution in [3.63, 3.8) is 0 Å². The van der Waals surface area contributed by atoms with Gasteiger partial charge < -0.3 is 11.1 Å². The molecular weight excluding hydrogens is 274 g/mol. The Kier molecular flexibility index (Phi) is 3.96. The Bertz CT molecular complexity index is 760. The second-order valence-corrected chi connectivity index (χ2v) is 5.02. The first-order valence-corrected chi connectivity index (χ1v) is 7.07. The van der Waals surface area contributed by atoms with Crippen molar-refractivity contribution in [2.24, 2.45) is 5.73 Å². The van der Waals surface area contributed by atoms with Crippen molar-refractivity contribution in [1.29, 1.82) is 0 Å². The van der Waals surface area contributed by atoms with Crippen LogP contribution in [0.3, 0.4) is 0 Å². The molecule has 110 valence electrons. The zero-order chi connectivity index (χ0) is 15.4. The van der Waals surface area contributed by atoms with E-state index in [0.29, 0.717) is 5.95 Å². The van der Waals surface area contributed by atoms with E-state index in [1.54, 1.807) is 18.6 Å². The number of hydrogen-bond acceptors (Lipinski definition) is 5. The van der Waals surface area contributed by atoms with Gasteiger partial charge in [-0.1, -0.05) is 12.2 Å². The molecule has 0 radical (unpaired) electrons. The third-order valence-corrected chi connectivity index (χ3v) is 3.37. The van der Waals surface area contributed by atoms with Crippen LogP contribution in [0.2, 0.25) is 0 Å². The van der Waals surface area contributed by atoms with Crippen molar-refractivity contribution in [3.05, 3.63) is 72.0 Å². The first kappa shape index (κ1) is 14.0. The van der Waals surface area contributed by atoms with Crippen LogP contribution >= 0.6 is 0 Å². The molecule has 0 atom stereocenters. The Labute approximate surface area is 129 Å². The summed E-state index contributed by atoms with van der Waals surface area (Å²) in [5.74, 6) is 0.537. The largest absolute Gasteiger partial charge is 0.399 e. The summed E-state index contributed by atoms with van der Waals surface area (Å²) in [4.78, 5) is 12.9. The van der Waals surface area contributed by atoms with Crippen LogP contribution in [-0.2, 0) is 0 Å². The molecule has 2 aromatic heterocycles. The van der Waals surface area contributed by atoms with Crippen LogP contribution in [0.1, 0.15) is 13.3 Å². The first-order chi connectivity index (χ1) is 10.7. The van der Waals surface area contributed by atoms with E-state index < -0.39 is 0 Å². The number of nitrogens with one attached hydrogen (secondary N) is 1. The molecule has 3 N–H and O–H groups in total. The van der Waals surface area contributed by atoms with Gasteiger partial charge in [-0.25, -0.2) is 9.97 Å². The van der Waals surface area contributed by atoms with E-state index in [1.165, 1.54) is 0 Å². The molecular formula is C17H17N5. The molecule has 0 spiro atoms. The van der Waals surface area contributed by atoms with Crippen molar-refractivity contribution in [1.82, 2.24) is 15.0 Å². The van der Waals surface area contributed by atoms with Gasteiger partial charge in [-0.3, -0.25) is 4.98 Å². The Morgan fingerprint density at radius 3 is 2.91 bits per heavy atom. The smallest absolute Gasteiger partial charge is 0.227 e. The fourth-order valence-electron chi connectivity index (χ4n) is 2.17. The Morgan fingerprint density at radius 1 is 1.18 bits per heavy atom. The normalized spacial score (nSPS) is 14.5. The van der Waals surface area contributed by atoms with E-state index in [9.17, 15) is 0 Å². The molecule has 5 nitrogen and oxygen atoms in total. The lowest BCUT2D eigenvalue weighted by molar-refractivity contribution is 1.14. The van der Waals surface area contributed by atoms with Crippen LogP contribution < -0.4 is 11.1 Å². The van der Waals surface area contributed by atoms with Crippen molar-refractivity contribution in [3.8, 4) is 11.3 Å². The molecule has 5 heteroatoms. The van der Waals surface area contributed by atoms with Crippen molar-refractivity contribution >= 4 is 5.95 Å². The van der Waals surface area contributed by atoms with E-state index in [1.807, 2.05) is 37.3 Å². The average molecular weight is 291 g/mol. The third kappa shape index (κ3) is 3.20. The number of rotatable bonds is 3. The fourth-order valence-corrected chi connectivity index (χ4v) is 2.17. The summed E-state index contributed by atoms with van der Waals surface area (Å²) in [6.45, 7) is 2.04. The predicted molar refractivity (Wildman–Crippen MR) is 87.6 cm³/mol. The summed E-state index contributed by atoms with van der Waals surface area (Å²) < 4.78 is 0. The lowest BCUT2D eigenvalue weighted by Crippen LogP contribution is -2.06. The number of anilines is 1. The number of allylic oxidation sites excluding steroid dienone is 4. The average Bonchev–Trinajstić information content (AvgIpc) is 2.70. The first-order valence-electron chi connectivity index (χ1n) is 7.07. The highest BCUT2D eigenvalue weighted by atomic mass is 15.1. The second kappa shape index (κ2) is 6.22. The summed E-state index contributed by atoms with van der Waals surface area (Å²) >= 11 is 0. The van der Waals surface area contributed by atoms with Crippen LogP contribution in [-0.4, -0.2) is 15.0 Å². The summed E-state index contributed by atoms with van der Waals surface area (Å²) in [5.41, 5.74) is 10.5. The molecule has 0 saturated heterocycles. The molecule has 1 aliphatic rings. The van der Waals surface area contributed by atoms with E-state index >= 15 is 0 Å². The molecule has 0 aromatic carbocycles. The van der Waals surface area contributed by atoms with E-state index in [0.717, 1.165) is 34.6 Å². The minimum Gasteiger partial charge on any atom is -0.399 e. The van der Waals surface area contributed by atoms with Gasteiger partial charge in [-0.05, 0) is 43.2 Å². The van der Waals surface area contributed by atoms with Gasteiger partial charge in [-0.15, -0.1) is 0 Å². The monoisotopic (exact) mass is 291 g/mol. The number of pyridine rings is 1. The number of nitrogens with zero attached hydrogens (tertiary/aromatic N) is 3. The van der Waals surface area contributed by atoms with Crippen LogP contribution in [0.15, 0.2) is 72.0 Å².